The fraction of sp³-hybridized carbons (Fsp3) is 0. The number of Topliss-reactive ketones (excluding diaryl/α,β-unsaturated/α-hetero) is 1. The van der Waals surface area contributed by atoms with Gasteiger partial charge in [-0.2, -0.15) is 0 Å². The van der Waals surface area contributed by atoms with Crippen LogP contribution in [0.25, 0.3) is 6.08 Å². The normalized spacial score (nSPS) is 13.4. The summed E-state index contributed by atoms with van der Waals surface area (Å²) in [5.41, 5.74) is 1.68. The lowest BCUT2D eigenvalue weighted by Crippen LogP contribution is -2.12. The van der Waals surface area contributed by atoms with Crippen molar-refractivity contribution in [3.05, 3.63) is 98.5 Å². The summed E-state index contributed by atoms with van der Waals surface area (Å²) < 4.78 is 0.728. The molecule has 0 bridgehead atoms. The molecule has 2 nitrogen and oxygen atoms in total. The van der Waals surface area contributed by atoms with E-state index in [0.29, 0.717) is 5.56 Å². The molecule has 0 saturated heterocycles. The number of carbonyl (C=O) groups excluding carboxylic acids is 2. The van der Waals surface area contributed by atoms with Crippen molar-refractivity contribution in [3.8, 4) is 0 Å². The van der Waals surface area contributed by atoms with E-state index < -0.39 is 0 Å². The van der Waals surface area contributed by atoms with Gasteiger partial charge in [0.2, 0.25) is 0 Å². The van der Waals surface area contributed by atoms with E-state index in [0.717, 1.165) is 9.80 Å². The molecule has 0 spiro atoms. The second-order valence-corrected chi connectivity index (χ2v) is 7.06. The van der Waals surface area contributed by atoms with Crippen molar-refractivity contribution in [3.63, 3.8) is 0 Å². The molecule has 0 fully saturated rings. The first-order chi connectivity index (χ1) is 11.8. The molecule has 0 saturated carbocycles. The van der Waals surface area contributed by atoms with Crippen molar-refractivity contribution < 1.29 is 9.59 Å². The molecule has 0 aliphatic carbocycles. The molecule has 2 aromatic rings. The van der Waals surface area contributed by atoms with Crippen molar-refractivity contribution in [2.45, 2.75) is 0 Å². The van der Waals surface area contributed by atoms with E-state index in [1.807, 2.05) is 47.2 Å². The molecule has 0 radical (unpaired) electrons. The first-order valence-electron chi connectivity index (χ1n) is 7.35. The summed E-state index contributed by atoms with van der Waals surface area (Å²) in [5.74, 6) is -0.511. The highest BCUT2D eigenvalue weighted by molar-refractivity contribution is 8.27. The van der Waals surface area contributed by atoms with Crippen molar-refractivity contribution in [1.82, 2.24) is 0 Å². The molecular weight excluding hydrogens is 336 g/mol. The fourth-order valence-corrected chi connectivity index (χ4v) is 4.05. The van der Waals surface area contributed by atoms with Gasteiger partial charge in [0.25, 0.3) is 0 Å². The molecule has 1 aliphatic heterocycles. The maximum absolute atomic E-state index is 12.8. The van der Waals surface area contributed by atoms with Crippen molar-refractivity contribution >= 4 is 41.2 Å². The molecule has 4 heteroatoms. The zero-order valence-corrected chi connectivity index (χ0v) is 14.3. The number of thioether (sulfide) groups is 2. The van der Waals surface area contributed by atoms with Crippen LogP contribution < -0.4 is 0 Å². The van der Waals surface area contributed by atoms with E-state index in [9.17, 15) is 9.59 Å². The van der Waals surface area contributed by atoms with Crippen LogP contribution in [0.1, 0.15) is 15.9 Å². The Balaban J connectivity index is 1.91. The highest BCUT2D eigenvalue weighted by Gasteiger charge is 2.24. The van der Waals surface area contributed by atoms with Crippen molar-refractivity contribution in [1.29, 1.82) is 0 Å². The molecule has 1 aliphatic rings. The third-order valence-corrected chi connectivity index (χ3v) is 5.48. The third-order valence-electron chi connectivity index (χ3n) is 3.35. The second kappa shape index (κ2) is 7.99. The van der Waals surface area contributed by atoms with Crippen LogP contribution >= 0.6 is 23.5 Å². The molecule has 0 unspecified atom stereocenters. The quantitative estimate of drug-likeness (QED) is 0.316. The van der Waals surface area contributed by atoms with Crippen molar-refractivity contribution in [2.24, 2.45) is 0 Å². The van der Waals surface area contributed by atoms with Gasteiger partial charge in [-0.15, -0.1) is 0 Å². The number of benzene rings is 2. The van der Waals surface area contributed by atoms with E-state index in [1.54, 1.807) is 30.3 Å². The Hall–Kier alpha value is -2.30. The van der Waals surface area contributed by atoms with E-state index in [2.05, 4.69) is 0 Å². The van der Waals surface area contributed by atoms with Gasteiger partial charge in [-0.25, -0.2) is 0 Å². The lowest BCUT2D eigenvalue weighted by Gasteiger charge is -2.07. The van der Waals surface area contributed by atoms with Gasteiger partial charge in [0, 0.05) is 5.56 Å². The fourth-order valence-electron chi connectivity index (χ4n) is 2.18. The summed E-state index contributed by atoms with van der Waals surface area (Å²) in [4.78, 5) is 25.5. The van der Waals surface area contributed by atoms with Crippen LogP contribution in [-0.2, 0) is 4.79 Å². The predicted molar refractivity (Wildman–Crippen MR) is 103 cm³/mol. The number of allylic oxidation sites excluding steroid dienone is 2. The molecular formula is C20H14O2S2. The van der Waals surface area contributed by atoms with E-state index in [-0.39, 0.29) is 17.1 Å². The lowest BCUT2D eigenvalue weighted by atomic mass is 10.0. The number of hydrogen-bond acceptors (Lipinski definition) is 4. The standard InChI is InChI=1S/C20H14O2S2/c21-17(12-11-15-7-3-1-4-8-15)18(20-23-13-14-24-20)19(22)16-9-5-2-6-10-16/h1-14H/b12-11-. The Morgan fingerprint density at radius 3 is 2.00 bits per heavy atom. The molecule has 0 atom stereocenters. The summed E-state index contributed by atoms with van der Waals surface area (Å²) >= 11 is 2.82. The van der Waals surface area contributed by atoms with Crippen LogP contribution in [0.3, 0.4) is 0 Å². The summed E-state index contributed by atoms with van der Waals surface area (Å²) in [6.45, 7) is 0. The third kappa shape index (κ3) is 3.96. The van der Waals surface area contributed by atoms with Crippen LogP contribution in [0.15, 0.2) is 87.4 Å². The molecule has 2 aromatic carbocycles. The van der Waals surface area contributed by atoms with E-state index in [4.69, 9.17) is 0 Å². The molecule has 118 valence electrons. The molecule has 3 rings (SSSR count). The van der Waals surface area contributed by atoms with Crippen LogP contribution in [0.2, 0.25) is 0 Å². The van der Waals surface area contributed by atoms with Gasteiger partial charge in [0.1, 0.15) is 0 Å². The van der Waals surface area contributed by atoms with Crippen LogP contribution in [-0.4, -0.2) is 11.6 Å². The Labute approximate surface area is 149 Å². The largest absolute Gasteiger partial charge is 0.289 e. The summed E-state index contributed by atoms with van der Waals surface area (Å²) in [6, 6.07) is 18.5. The Morgan fingerprint density at radius 1 is 0.792 bits per heavy atom. The predicted octanol–water partition coefficient (Wildman–Crippen LogP) is 5.31. The van der Waals surface area contributed by atoms with Gasteiger partial charge in [-0.3, -0.25) is 9.59 Å². The number of ketones is 2. The molecule has 0 N–H and O–H groups in total. The molecule has 0 aromatic heterocycles. The van der Waals surface area contributed by atoms with Gasteiger partial charge in [-0.05, 0) is 22.5 Å². The average Bonchev–Trinajstić information content (AvgIpc) is 3.16. The smallest absolute Gasteiger partial charge is 0.198 e. The minimum atomic E-state index is -0.272. The number of rotatable bonds is 5. The highest BCUT2D eigenvalue weighted by Crippen LogP contribution is 2.41. The van der Waals surface area contributed by atoms with Gasteiger partial charge < -0.3 is 0 Å². The first-order valence-corrected chi connectivity index (χ1v) is 9.11. The summed E-state index contributed by atoms with van der Waals surface area (Å²) in [5, 5.41) is 3.76. The lowest BCUT2D eigenvalue weighted by molar-refractivity contribution is -0.111. The van der Waals surface area contributed by atoms with E-state index in [1.165, 1.54) is 29.6 Å². The monoisotopic (exact) mass is 350 g/mol. The molecule has 24 heavy (non-hydrogen) atoms. The molecule has 0 amide bonds. The van der Waals surface area contributed by atoms with Crippen LogP contribution in [0, 0.1) is 0 Å². The second-order valence-electron chi connectivity index (χ2n) is 4.97. The maximum Gasteiger partial charge on any atom is 0.198 e. The van der Waals surface area contributed by atoms with Gasteiger partial charge in [0.15, 0.2) is 11.6 Å². The molecule has 1 heterocycles. The zero-order valence-electron chi connectivity index (χ0n) is 12.7. The Morgan fingerprint density at radius 2 is 1.38 bits per heavy atom. The van der Waals surface area contributed by atoms with Crippen LogP contribution in [0.5, 0.6) is 0 Å². The maximum atomic E-state index is 12.8. The van der Waals surface area contributed by atoms with Gasteiger partial charge >= 0.3 is 0 Å². The number of hydrogen-bond donors (Lipinski definition) is 0. The van der Waals surface area contributed by atoms with Crippen LogP contribution in [0.4, 0.5) is 0 Å². The summed E-state index contributed by atoms with van der Waals surface area (Å²) in [7, 11) is 0. The van der Waals surface area contributed by atoms with Gasteiger partial charge in [-0.1, -0.05) is 90.3 Å². The topological polar surface area (TPSA) is 34.1 Å². The minimum Gasteiger partial charge on any atom is -0.289 e. The number of carbonyl (C=O) groups is 2. The Bertz CT molecular complexity index is 824. The highest BCUT2D eigenvalue weighted by atomic mass is 32.2. The average molecular weight is 350 g/mol. The first kappa shape index (κ1) is 16.6. The van der Waals surface area contributed by atoms with E-state index >= 15 is 0 Å². The zero-order chi connectivity index (χ0) is 16.8. The minimum absolute atomic E-state index is 0.230. The summed E-state index contributed by atoms with van der Waals surface area (Å²) in [6.07, 6.45) is 3.21. The Kier molecular flexibility index (Phi) is 5.51. The van der Waals surface area contributed by atoms with Gasteiger partial charge in [0.05, 0.1) is 9.81 Å². The van der Waals surface area contributed by atoms with Crippen molar-refractivity contribution in [2.75, 3.05) is 0 Å². The SMILES string of the molecule is O=C(/C=C\c1ccccc1)C(C(=O)c1ccccc1)=C1SC=CS1.